The van der Waals surface area contributed by atoms with Gasteiger partial charge in [-0.1, -0.05) is 17.7 Å². The van der Waals surface area contributed by atoms with Crippen molar-refractivity contribution < 1.29 is 9.90 Å². The molecule has 1 atom stereocenters. The minimum atomic E-state index is -0.406. The number of aliphatic hydroxyl groups is 1. The number of β-amino-alcohol motifs (C(OH)–C–C–N with tert-alkyl or cyclic N) is 1. The quantitative estimate of drug-likeness (QED) is 0.842. The molecule has 100 valence electrons. The number of halogens is 1. The third kappa shape index (κ3) is 2.46. The van der Waals surface area contributed by atoms with E-state index in [0.717, 1.165) is 23.7 Å². The fraction of sp³-hybridized carbons (Fsp3) is 0.357. The van der Waals surface area contributed by atoms with Crippen molar-refractivity contribution in [3.05, 3.63) is 35.0 Å². The lowest BCUT2D eigenvalue weighted by Gasteiger charge is -2.29. The molecule has 1 saturated heterocycles. The molecule has 5 heteroatoms. The lowest BCUT2D eigenvalue weighted by molar-refractivity contribution is 0.0470. The maximum Gasteiger partial charge on any atom is 0.270 e. The number of aromatic amines is 1. The van der Waals surface area contributed by atoms with Crippen LogP contribution in [0.1, 0.15) is 23.3 Å². The predicted molar refractivity (Wildman–Crippen MR) is 74.5 cm³/mol. The van der Waals surface area contributed by atoms with E-state index in [9.17, 15) is 9.90 Å². The smallest absolute Gasteiger partial charge is 0.270 e. The van der Waals surface area contributed by atoms with Gasteiger partial charge in [0, 0.05) is 29.0 Å². The molecule has 1 fully saturated rings. The number of benzene rings is 1. The first kappa shape index (κ1) is 12.5. The molecule has 1 aliphatic heterocycles. The first-order valence-corrected chi connectivity index (χ1v) is 6.77. The van der Waals surface area contributed by atoms with E-state index in [0.29, 0.717) is 23.8 Å². The number of aromatic nitrogens is 1. The van der Waals surface area contributed by atoms with E-state index in [-0.39, 0.29) is 5.91 Å². The van der Waals surface area contributed by atoms with Crippen LogP contribution in [0.25, 0.3) is 10.9 Å². The number of likely N-dealkylation sites (tertiary alicyclic amines) is 1. The van der Waals surface area contributed by atoms with E-state index in [1.54, 1.807) is 17.0 Å². The van der Waals surface area contributed by atoms with E-state index >= 15 is 0 Å². The van der Waals surface area contributed by atoms with Gasteiger partial charge in [0.25, 0.3) is 5.91 Å². The molecule has 1 unspecified atom stereocenters. The molecule has 2 heterocycles. The van der Waals surface area contributed by atoms with Gasteiger partial charge in [-0.15, -0.1) is 0 Å². The van der Waals surface area contributed by atoms with Crippen molar-refractivity contribution in [2.24, 2.45) is 0 Å². The minimum Gasteiger partial charge on any atom is -0.391 e. The number of rotatable bonds is 1. The van der Waals surface area contributed by atoms with Gasteiger partial charge in [-0.2, -0.15) is 0 Å². The maximum atomic E-state index is 12.4. The molecular weight excluding hydrogens is 264 g/mol. The summed E-state index contributed by atoms with van der Waals surface area (Å²) in [6, 6.07) is 7.32. The summed E-state index contributed by atoms with van der Waals surface area (Å²) < 4.78 is 0. The number of hydrogen-bond donors (Lipinski definition) is 2. The molecular formula is C14H15ClN2O2. The number of piperidine rings is 1. The highest BCUT2D eigenvalue weighted by atomic mass is 35.5. The Bertz CT molecular complexity index is 623. The Morgan fingerprint density at radius 3 is 3.05 bits per heavy atom. The number of carbonyl (C=O) groups excluding carboxylic acids is 1. The van der Waals surface area contributed by atoms with Crippen LogP contribution in [-0.4, -0.2) is 40.1 Å². The number of nitrogens with one attached hydrogen (secondary N) is 1. The second kappa shape index (κ2) is 4.87. The molecule has 0 saturated carbocycles. The summed E-state index contributed by atoms with van der Waals surface area (Å²) in [4.78, 5) is 17.1. The van der Waals surface area contributed by atoms with Gasteiger partial charge in [-0.05, 0) is 31.0 Å². The average Bonchev–Trinajstić information content (AvgIpc) is 2.80. The fourth-order valence-corrected chi connectivity index (χ4v) is 2.70. The number of fused-ring (bicyclic) bond motifs is 1. The first-order valence-electron chi connectivity index (χ1n) is 6.39. The standard InChI is InChI=1S/C14H15ClN2O2/c15-10-4-3-9-6-13(16-12(9)7-10)14(19)17-5-1-2-11(18)8-17/h3-4,6-7,11,16,18H,1-2,5,8H2. The molecule has 1 aromatic heterocycles. The van der Waals surface area contributed by atoms with Crippen LogP contribution in [0.4, 0.5) is 0 Å². The third-order valence-corrected chi connectivity index (χ3v) is 3.73. The number of aliphatic hydroxyl groups excluding tert-OH is 1. The van der Waals surface area contributed by atoms with Crippen LogP contribution in [0.15, 0.2) is 24.3 Å². The predicted octanol–water partition coefficient (Wildman–Crippen LogP) is 2.42. The van der Waals surface area contributed by atoms with Crippen molar-refractivity contribution in [1.82, 2.24) is 9.88 Å². The molecule has 0 radical (unpaired) electrons. The molecule has 0 bridgehead atoms. The number of carbonyl (C=O) groups is 1. The normalized spacial score (nSPS) is 19.9. The number of amides is 1. The molecule has 2 aromatic rings. The Balaban J connectivity index is 1.88. The minimum absolute atomic E-state index is 0.0638. The summed E-state index contributed by atoms with van der Waals surface area (Å²) in [5, 5.41) is 11.2. The van der Waals surface area contributed by atoms with Crippen molar-refractivity contribution >= 4 is 28.4 Å². The summed E-state index contributed by atoms with van der Waals surface area (Å²) in [6.07, 6.45) is 1.21. The lowest BCUT2D eigenvalue weighted by Crippen LogP contribution is -2.42. The highest BCUT2D eigenvalue weighted by Gasteiger charge is 2.24. The Kier molecular flexibility index (Phi) is 3.21. The van der Waals surface area contributed by atoms with Crippen LogP contribution in [-0.2, 0) is 0 Å². The number of H-pyrrole nitrogens is 1. The molecule has 1 aromatic carbocycles. The highest BCUT2D eigenvalue weighted by Crippen LogP contribution is 2.21. The Morgan fingerprint density at radius 1 is 1.42 bits per heavy atom. The molecule has 4 nitrogen and oxygen atoms in total. The van der Waals surface area contributed by atoms with Gasteiger partial charge in [0.2, 0.25) is 0 Å². The summed E-state index contributed by atoms with van der Waals surface area (Å²) >= 11 is 5.93. The lowest BCUT2D eigenvalue weighted by atomic mass is 10.1. The summed E-state index contributed by atoms with van der Waals surface area (Å²) in [5.74, 6) is -0.0638. The van der Waals surface area contributed by atoms with Gasteiger partial charge in [-0.25, -0.2) is 0 Å². The van der Waals surface area contributed by atoms with Crippen molar-refractivity contribution in [3.8, 4) is 0 Å². The molecule has 1 aliphatic rings. The topological polar surface area (TPSA) is 56.3 Å². The molecule has 0 spiro atoms. The van der Waals surface area contributed by atoms with E-state index in [1.165, 1.54) is 0 Å². The van der Waals surface area contributed by atoms with Gasteiger partial charge in [-0.3, -0.25) is 4.79 Å². The molecule has 1 amide bonds. The van der Waals surface area contributed by atoms with Crippen molar-refractivity contribution in [1.29, 1.82) is 0 Å². The SMILES string of the molecule is O=C(c1cc2ccc(Cl)cc2[nH]1)N1CCCC(O)C1. The average molecular weight is 279 g/mol. The monoisotopic (exact) mass is 278 g/mol. The second-order valence-corrected chi connectivity index (χ2v) is 5.40. The zero-order chi connectivity index (χ0) is 13.4. The Labute approximate surface area is 116 Å². The van der Waals surface area contributed by atoms with Crippen LogP contribution in [0.5, 0.6) is 0 Å². The van der Waals surface area contributed by atoms with Crippen molar-refractivity contribution in [3.63, 3.8) is 0 Å². The van der Waals surface area contributed by atoms with Gasteiger partial charge in [0.1, 0.15) is 5.69 Å². The summed E-state index contributed by atoms with van der Waals surface area (Å²) in [7, 11) is 0. The largest absolute Gasteiger partial charge is 0.391 e. The third-order valence-electron chi connectivity index (χ3n) is 3.50. The number of nitrogens with zero attached hydrogens (tertiary/aromatic N) is 1. The van der Waals surface area contributed by atoms with Crippen LogP contribution in [0.2, 0.25) is 5.02 Å². The Morgan fingerprint density at radius 2 is 2.26 bits per heavy atom. The van der Waals surface area contributed by atoms with Gasteiger partial charge in [0.15, 0.2) is 0 Å². The maximum absolute atomic E-state index is 12.4. The van der Waals surface area contributed by atoms with Crippen LogP contribution in [0.3, 0.4) is 0 Å². The molecule has 0 aliphatic carbocycles. The summed E-state index contributed by atoms with van der Waals surface area (Å²) in [5.41, 5.74) is 1.40. The molecule has 2 N–H and O–H groups in total. The second-order valence-electron chi connectivity index (χ2n) is 4.96. The molecule has 19 heavy (non-hydrogen) atoms. The van der Waals surface area contributed by atoms with Gasteiger partial charge in [0.05, 0.1) is 6.10 Å². The zero-order valence-corrected chi connectivity index (χ0v) is 11.2. The summed E-state index contributed by atoms with van der Waals surface area (Å²) in [6.45, 7) is 1.11. The van der Waals surface area contributed by atoms with Gasteiger partial charge >= 0.3 is 0 Å². The van der Waals surface area contributed by atoms with E-state index in [1.807, 2.05) is 12.1 Å². The zero-order valence-electron chi connectivity index (χ0n) is 10.4. The Hall–Kier alpha value is -1.52. The number of hydrogen-bond acceptors (Lipinski definition) is 2. The van der Waals surface area contributed by atoms with Crippen LogP contribution in [0, 0.1) is 0 Å². The van der Waals surface area contributed by atoms with Crippen molar-refractivity contribution in [2.45, 2.75) is 18.9 Å². The van der Waals surface area contributed by atoms with Crippen LogP contribution >= 0.6 is 11.6 Å². The fourth-order valence-electron chi connectivity index (χ4n) is 2.52. The van der Waals surface area contributed by atoms with E-state index in [4.69, 9.17) is 11.6 Å². The van der Waals surface area contributed by atoms with Crippen molar-refractivity contribution in [2.75, 3.05) is 13.1 Å². The molecule has 3 rings (SSSR count). The highest BCUT2D eigenvalue weighted by molar-refractivity contribution is 6.31. The van der Waals surface area contributed by atoms with Gasteiger partial charge < -0.3 is 15.0 Å². The van der Waals surface area contributed by atoms with E-state index in [2.05, 4.69) is 4.98 Å². The first-order chi connectivity index (χ1) is 9.13. The van der Waals surface area contributed by atoms with Crippen LogP contribution < -0.4 is 0 Å². The van der Waals surface area contributed by atoms with E-state index < -0.39 is 6.10 Å².